The van der Waals surface area contributed by atoms with Crippen molar-refractivity contribution in [2.45, 2.75) is 50.0 Å². The van der Waals surface area contributed by atoms with Crippen LogP contribution in [-0.4, -0.2) is 46.4 Å². The summed E-state index contributed by atoms with van der Waals surface area (Å²) in [5.41, 5.74) is 1.66. The Morgan fingerprint density at radius 2 is 2.21 bits per heavy atom. The lowest BCUT2D eigenvalue weighted by molar-refractivity contribution is -0.0880. The number of rotatable bonds is 3. The number of halogens is 1. The van der Waals surface area contributed by atoms with Crippen LogP contribution in [0.15, 0.2) is 30.3 Å². The van der Waals surface area contributed by atoms with Gasteiger partial charge in [0.05, 0.1) is 22.9 Å². The predicted octanol–water partition coefficient (Wildman–Crippen LogP) is 2.88. The second kappa shape index (κ2) is 6.06. The maximum absolute atomic E-state index is 13.3. The molecule has 2 fully saturated rings. The van der Waals surface area contributed by atoms with Crippen molar-refractivity contribution in [2.75, 3.05) is 13.7 Å². The van der Waals surface area contributed by atoms with Crippen molar-refractivity contribution in [3.63, 3.8) is 0 Å². The molecule has 0 spiro atoms. The van der Waals surface area contributed by atoms with E-state index in [-0.39, 0.29) is 23.6 Å². The summed E-state index contributed by atoms with van der Waals surface area (Å²) in [6, 6.07) is 8.81. The zero-order chi connectivity index (χ0) is 16.7. The third kappa shape index (κ3) is 2.70. The molecule has 2 aliphatic rings. The van der Waals surface area contributed by atoms with Gasteiger partial charge in [0.15, 0.2) is 0 Å². The predicted molar refractivity (Wildman–Crippen MR) is 90.1 cm³/mol. The molecule has 1 aliphatic heterocycles. The van der Waals surface area contributed by atoms with Gasteiger partial charge in [-0.05, 0) is 49.9 Å². The van der Waals surface area contributed by atoms with Gasteiger partial charge in [0, 0.05) is 31.6 Å². The number of likely N-dealkylation sites (tertiary alicyclic amines) is 1. The number of nitrogens with zero attached hydrogens (tertiary/aromatic N) is 2. The minimum atomic E-state index is -0.244. The van der Waals surface area contributed by atoms with Crippen molar-refractivity contribution in [2.24, 2.45) is 0 Å². The number of aliphatic hydroxyl groups is 1. The average Bonchev–Trinajstić information content (AvgIpc) is 2.94. The first kappa shape index (κ1) is 15.9. The molecule has 0 amide bonds. The van der Waals surface area contributed by atoms with Crippen LogP contribution in [0.1, 0.15) is 31.4 Å². The van der Waals surface area contributed by atoms with Gasteiger partial charge in [-0.2, -0.15) is 0 Å². The van der Waals surface area contributed by atoms with E-state index < -0.39 is 0 Å². The van der Waals surface area contributed by atoms with E-state index in [2.05, 4.69) is 9.88 Å². The molecule has 0 radical (unpaired) electrons. The van der Waals surface area contributed by atoms with E-state index in [1.54, 1.807) is 13.2 Å². The van der Waals surface area contributed by atoms with Gasteiger partial charge in [-0.1, -0.05) is 6.07 Å². The molecule has 4 rings (SSSR count). The number of aromatic nitrogens is 1. The fourth-order valence-electron chi connectivity index (χ4n) is 4.39. The molecule has 1 saturated heterocycles. The van der Waals surface area contributed by atoms with Crippen LogP contribution >= 0.6 is 0 Å². The van der Waals surface area contributed by atoms with Crippen LogP contribution in [0.25, 0.3) is 10.9 Å². The van der Waals surface area contributed by atoms with Crippen molar-refractivity contribution >= 4 is 10.9 Å². The molecule has 1 saturated carbocycles. The minimum absolute atomic E-state index is 0.126. The van der Waals surface area contributed by atoms with Gasteiger partial charge in [0.25, 0.3) is 0 Å². The molecule has 2 aromatic rings. The van der Waals surface area contributed by atoms with Gasteiger partial charge in [-0.25, -0.2) is 4.39 Å². The molecule has 0 bridgehead atoms. The molecule has 1 aromatic carbocycles. The average molecular weight is 330 g/mol. The quantitative estimate of drug-likeness (QED) is 0.940. The monoisotopic (exact) mass is 330 g/mol. The van der Waals surface area contributed by atoms with Gasteiger partial charge >= 0.3 is 0 Å². The van der Waals surface area contributed by atoms with Crippen LogP contribution in [0.4, 0.5) is 4.39 Å². The molecule has 0 unspecified atom stereocenters. The second-order valence-electron chi connectivity index (χ2n) is 7.07. The van der Waals surface area contributed by atoms with Crippen LogP contribution < -0.4 is 0 Å². The fourth-order valence-corrected chi connectivity index (χ4v) is 4.39. The smallest absolute Gasteiger partial charge is 0.123 e. The molecule has 5 heteroatoms. The first-order chi connectivity index (χ1) is 11.6. The third-order valence-electron chi connectivity index (χ3n) is 5.75. The summed E-state index contributed by atoms with van der Waals surface area (Å²) >= 11 is 0. The highest BCUT2D eigenvalue weighted by Crippen LogP contribution is 2.42. The van der Waals surface area contributed by atoms with Gasteiger partial charge < -0.3 is 9.84 Å². The van der Waals surface area contributed by atoms with Gasteiger partial charge in [0.1, 0.15) is 5.82 Å². The largest absolute Gasteiger partial charge is 0.393 e. The number of hydrogen-bond acceptors (Lipinski definition) is 4. The minimum Gasteiger partial charge on any atom is -0.393 e. The van der Waals surface area contributed by atoms with Crippen LogP contribution in [0.3, 0.4) is 0 Å². The number of methoxy groups -OCH3 is 1. The van der Waals surface area contributed by atoms with E-state index in [9.17, 15) is 9.50 Å². The highest BCUT2D eigenvalue weighted by atomic mass is 19.1. The summed E-state index contributed by atoms with van der Waals surface area (Å²) in [5, 5.41) is 10.9. The number of aliphatic hydroxyl groups excluding tert-OH is 1. The summed E-state index contributed by atoms with van der Waals surface area (Å²) in [7, 11) is 1.79. The van der Waals surface area contributed by atoms with Crippen LogP contribution in [0.2, 0.25) is 0 Å². The Morgan fingerprint density at radius 3 is 3.04 bits per heavy atom. The molecule has 3 atom stereocenters. The Kier molecular flexibility index (Phi) is 4.03. The number of pyridine rings is 1. The summed E-state index contributed by atoms with van der Waals surface area (Å²) in [4.78, 5) is 7.05. The Labute approximate surface area is 141 Å². The highest BCUT2D eigenvalue weighted by molar-refractivity contribution is 5.78. The summed E-state index contributed by atoms with van der Waals surface area (Å²) in [5.74, 6) is -0.238. The molecular formula is C19H23FN2O2. The lowest BCUT2D eigenvalue weighted by Crippen LogP contribution is -2.51. The summed E-state index contributed by atoms with van der Waals surface area (Å²) in [6.07, 6.45) is 3.24. The number of ether oxygens (including phenoxy) is 1. The molecule has 4 nitrogen and oxygen atoms in total. The Hall–Kier alpha value is -1.56. The van der Waals surface area contributed by atoms with E-state index in [0.717, 1.165) is 55.4 Å². The molecule has 2 heterocycles. The lowest BCUT2D eigenvalue weighted by Gasteiger charge is -2.42. The maximum Gasteiger partial charge on any atom is 0.123 e. The van der Waals surface area contributed by atoms with Crippen LogP contribution in [0.5, 0.6) is 0 Å². The van der Waals surface area contributed by atoms with E-state index >= 15 is 0 Å². The SMILES string of the molecule is CO[C@@]12CC[C@@H](O)C[C@@H]1N(Cc1ccc3cc(F)ccc3n1)CC2. The fraction of sp³-hybridized carbons (Fsp3) is 0.526. The van der Waals surface area contributed by atoms with Gasteiger partial charge in [-0.15, -0.1) is 0 Å². The molecule has 1 N–H and O–H groups in total. The number of fused-ring (bicyclic) bond motifs is 2. The summed E-state index contributed by atoms with van der Waals surface area (Å²) in [6.45, 7) is 1.68. The Morgan fingerprint density at radius 1 is 1.33 bits per heavy atom. The van der Waals surface area contributed by atoms with Gasteiger partial charge in [0.2, 0.25) is 0 Å². The van der Waals surface area contributed by atoms with E-state index in [1.807, 2.05) is 12.1 Å². The Balaban J connectivity index is 1.57. The van der Waals surface area contributed by atoms with Gasteiger partial charge in [-0.3, -0.25) is 9.88 Å². The van der Waals surface area contributed by atoms with Crippen molar-refractivity contribution in [1.82, 2.24) is 9.88 Å². The van der Waals surface area contributed by atoms with Crippen molar-refractivity contribution in [1.29, 1.82) is 0 Å². The third-order valence-corrected chi connectivity index (χ3v) is 5.75. The molecular weight excluding hydrogens is 307 g/mol. The molecule has 1 aromatic heterocycles. The van der Waals surface area contributed by atoms with Crippen molar-refractivity contribution < 1.29 is 14.2 Å². The topological polar surface area (TPSA) is 45.6 Å². The normalized spacial score (nSPS) is 30.6. The van der Waals surface area contributed by atoms with Crippen LogP contribution in [-0.2, 0) is 11.3 Å². The molecule has 128 valence electrons. The van der Waals surface area contributed by atoms with Crippen molar-refractivity contribution in [3.05, 3.63) is 41.8 Å². The van der Waals surface area contributed by atoms with E-state index in [1.165, 1.54) is 12.1 Å². The van der Waals surface area contributed by atoms with Crippen LogP contribution in [0, 0.1) is 5.82 Å². The number of benzene rings is 1. The zero-order valence-corrected chi connectivity index (χ0v) is 13.9. The summed E-state index contributed by atoms with van der Waals surface area (Å²) < 4.78 is 19.2. The zero-order valence-electron chi connectivity index (χ0n) is 13.9. The molecule has 1 aliphatic carbocycles. The number of hydrogen-bond donors (Lipinski definition) is 1. The lowest BCUT2D eigenvalue weighted by atomic mass is 9.79. The first-order valence-electron chi connectivity index (χ1n) is 8.62. The standard InChI is InChI=1S/C19H23FN2O2/c1-24-19-7-6-16(23)11-18(19)22(9-8-19)12-15-4-2-13-10-14(20)3-5-17(13)21-15/h2-5,10,16,18,23H,6-9,11-12H2,1H3/t16-,18+,19-/m1/s1. The highest BCUT2D eigenvalue weighted by Gasteiger charge is 2.50. The maximum atomic E-state index is 13.3. The van der Waals surface area contributed by atoms with E-state index in [0.29, 0.717) is 0 Å². The Bertz CT molecular complexity index is 753. The first-order valence-corrected chi connectivity index (χ1v) is 8.62. The molecule has 24 heavy (non-hydrogen) atoms. The second-order valence-corrected chi connectivity index (χ2v) is 7.07. The van der Waals surface area contributed by atoms with E-state index in [4.69, 9.17) is 4.74 Å². The van der Waals surface area contributed by atoms with Crippen molar-refractivity contribution in [3.8, 4) is 0 Å².